The number of carbonyl (C=O) groups is 3. The van der Waals surface area contributed by atoms with Crippen LogP contribution in [-0.4, -0.2) is 45.4 Å². The molecule has 1 atom stereocenters. The molecule has 2 aromatic carbocycles. The second-order valence-corrected chi connectivity index (χ2v) is 8.47. The fourth-order valence-electron chi connectivity index (χ4n) is 3.35. The highest BCUT2D eigenvalue weighted by atomic mass is 32.2. The molecule has 0 saturated heterocycles. The molecular formula is C24H27N5O4S. The molecule has 0 bridgehead atoms. The molecule has 9 nitrogen and oxygen atoms in total. The van der Waals surface area contributed by atoms with E-state index in [0.717, 1.165) is 5.56 Å². The average Bonchev–Trinajstić information content (AvgIpc) is 3.25. The van der Waals surface area contributed by atoms with E-state index in [2.05, 4.69) is 20.8 Å². The number of nitrogens with zero attached hydrogens (tertiary/aromatic N) is 3. The highest BCUT2D eigenvalue weighted by Gasteiger charge is 2.21. The lowest BCUT2D eigenvalue weighted by Gasteiger charge is -2.15. The van der Waals surface area contributed by atoms with E-state index < -0.39 is 5.97 Å². The van der Waals surface area contributed by atoms with Gasteiger partial charge >= 0.3 is 5.97 Å². The monoisotopic (exact) mass is 481 g/mol. The van der Waals surface area contributed by atoms with Gasteiger partial charge in [0.05, 0.1) is 30.2 Å². The fraction of sp³-hybridized carbons (Fsp3) is 0.292. The van der Waals surface area contributed by atoms with Crippen molar-refractivity contribution in [3.8, 4) is 0 Å². The predicted octanol–water partition coefficient (Wildman–Crippen LogP) is 3.61. The Balaban J connectivity index is 1.65. The van der Waals surface area contributed by atoms with Crippen LogP contribution in [0.2, 0.25) is 0 Å². The summed E-state index contributed by atoms with van der Waals surface area (Å²) in [5.41, 5.74) is 2.24. The molecule has 3 rings (SSSR count). The lowest BCUT2D eigenvalue weighted by molar-refractivity contribution is -0.113. The van der Waals surface area contributed by atoms with Crippen LogP contribution in [0.4, 0.5) is 5.69 Å². The number of nitrogens with one attached hydrogen (secondary N) is 2. The van der Waals surface area contributed by atoms with Crippen molar-refractivity contribution in [3.05, 3.63) is 71.0 Å². The minimum Gasteiger partial charge on any atom is -0.465 e. The third-order valence-corrected chi connectivity index (χ3v) is 5.98. The van der Waals surface area contributed by atoms with Crippen LogP contribution in [-0.2, 0) is 16.1 Å². The molecule has 0 unspecified atom stereocenters. The van der Waals surface area contributed by atoms with Crippen molar-refractivity contribution in [1.82, 2.24) is 20.1 Å². The van der Waals surface area contributed by atoms with Crippen molar-refractivity contribution in [2.45, 2.75) is 38.5 Å². The highest BCUT2D eigenvalue weighted by molar-refractivity contribution is 7.99. The van der Waals surface area contributed by atoms with E-state index in [1.807, 2.05) is 43.5 Å². The maximum atomic E-state index is 12.6. The van der Waals surface area contributed by atoms with Gasteiger partial charge in [0.1, 0.15) is 0 Å². The van der Waals surface area contributed by atoms with Crippen molar-refractivity contribution in [1.29, 1.82) is 0 Å². The maximum absolute atomic E-state index is 12.6. The molecule has 2 amide bonds. The second kappa shape index (κ2) is 11.5. The van der Waals surface area contributed by atoms with Gasteiger partial charge in [-0.2, -0.15) is 0 Å². The van der Waals surface area contributed by atoms with Crippen molar-refractivity contribution in [2.75, 3.05) is 18.2 Å². The molecule has 0 aliphatic heterocycles. The third-order valence-electron chi connectivity index (χ3n) is 5.02. The van der Waals surface area contributed by atoms with Gasteiger partial charge in [0.2, 0.25) is 5.91 Å². The van der Waals surface area contributed by atoms with E-state index in [-0.39, 0.29) is 29.2 Å². The zero-order valence-corrected chi connectivity index (χ0v) is 20.3. The van der Waals surface area contributed by atoms with Crippen molar-refractivity contribution in [3.63, 3.8) is 0 Å². The molecule has 0 radical (unpaired) electrons. The number of ether oxygens (including phenoxy) is 1. The quantitative estimate of drug-likeness (QED) is 0.354. The molecule has 0 aliphatic carbocycles. The van der Waals surface area contributed by atoms with Crippen LogP contribution in [0.15, 0.2) is 53.7 Å². The standard InChI is InChI=1S/C24H27N5O4S/c1-5-29-21(16(3)25-22(31)17-10-8-9-15(2)13-17)27-28-24(29)34-14-20(30)26-19-12-7-6-11-18(19)23(32)33-4/h6-13,16H,5,14H2,1-4H3,(H,25,31)(H,26,30)/t16-/m0/s1. The number of rotatable bonds is 9. The normalized spacial score (nSPS) is 11.5. The number of aryl methyl sites for hydroxylation is 1. The van der Waals surface area contributed by atoms with Gasteiger partial charge in [0.15, 0.2) is 11.0 Å². The van der Waals surface area contributed by atoms with Gasteiger partial charge in [-0.1, -0.05) is 41.6 Å². The van der Waals surface area contributed by atoms with E-state index >= 15 is 0 Å². The van der Waals surface area contributed by atoms with Crippen LogP contribution >= 0.6 is 11.8 Å². The summed E-state index contributed by atoms with van der Waals surface area (Å²) in [5, 5.41) is 14.7. The lowest BCUT2D eigenvalue weighted by atomic mass is 10.1. The average molecular weight is 482 g/mol. The van der Waals surface area contributed by atoms with E-state index in [4.69, 9.17) is 4.74 Å². The first-order valence-electron chi connectivity index (χ1n) is 10.7. The van der Waals surface area contributed by atoms with Crippen LogP contribution in [0, 0.1) is 6.92 Å². The van der Waals surface area contributed by atoms with Crippen molar-refractivity contribution in [2.24, 2.45) is 0 Å². The first-order chi connectivity index (χ1) is 16.3. The Morgan fingerprint density at radius 2 is 1.88 bits per heavy atom. The van der Waals surface area contributed by atoms with Gasteiger partial charge in [-0.05, 0) is 45.0 Å². The summed E-state index contributed by atoms with van der Waals surface area (Å²) in [6.45, 7) is 6.29. The Labute approximate surface area is 202 Å². The molecule has 1 heterocycles. The first kappa shape index (κ1) is 25.0. The van der Waals surface area contributed by atoms with Gasteiger partial charge in [-0.15, -0.1) is 10.2 Å². The Morgan fingerprint density at radius 3 is 2.59 bits per heavy atom. The van der Waals surface area contributed by atoms with Crippen LogP contribution < -0.4 is 10.6 Å². The second-order valence-electron chi connectivity index (χ2n) is 7.52. The van der Waals surface area contributed by atoms with Gasteiger partial charge < -0.3 is 19.9 Å². The minimum atomic E-state index is -0.527. The van der Waals surface area contributed by atoms with Crippen molar-refractivity contribution >= 4 is 35.2 Å². The number of esters is 1. The number of thioether (sulfide) groups is 1. The molecule has 34 heavy (non-hydrogen) atoms. The fourth-order valence-corrected chi connectivity index (χ4v) is 4.16. The molecule has 1 aromatic heterocycles. The summed E-state index contributed by atoms with van der Waals surface area (Å²) in [4.78, 5) is 37.0. The van der Waals surface area contributed by atoms with E-state index in [1.165, 1.54) is 18.9 Å². The van der Waals surface area contributed by atoms with Gasteiger partial charge in [0, 0.05) is 12.1 Å². The molecule has 2 N–H and O–H groups in total. The topological polar surface area (TPSA) is 115 Å². The maximum Gasteiger partial charge on any atom is 0.339 e. The summed E-state index contributed by atoms with van der Waals surface area (Å²) in [6, 6.07) is 13.6. The predicted molar refractivity (Wildman–Crippen MR) is 130 cm³/mol. The number of anilines is 1. The zero-order chi connectivity index (χ0) is 24.7. The molecular weight excluding hydrogens is 454 g/mol. The summed E-state index contributed by atoms with van der Waals surface area (Å²) in [6.07, 6.45) is 0. The summed E-state index contributed by atoms with van der Waals surface area (Å²) in [5.74, 6) is -0.352. The number of aromatic nitrogens is 3. The van der Waals surface area contributed by atoms with Crippen LogP contribution in [0.25, 0.3) is 0 Å². The number of para-hydroxylation sites is 1. The van der Waals surface area contributed by atoms with Gasteiger partial charge in [0.25, 0.3) is 5.91 Å². The Hall–Kier alpha value is -3.66. The van der Waals surface area contributed by atoms with Crippen LogP contribution in [0.5, 0.6) is 0 Å². The van der Waals surface area contributed by atoms with Crippen LogP contribution in [0.3, 0.4) is 0 Å². The van der Waals surface area contributed by atoms with Crippen LogP contribution in [0.1, 0.15) is 52.0 Å². The molecule has 178 valence electrons. The molecule has 0 fully saturated rings. The van der Waals surface area contributed by atoms with E-state index in [9.17, 15) is 14.4 Å². The third kappa shape index (κ3) is 6.02. The Morgan fingerprint density at radius 1 is 1.12 bits per heavy atom. The summed E-state index contributed by atoms with van der Waals surface area (Å²) >= 11 is 1.22. The number of methoxy groups -OCH3 is 1. The van der Waals surface area contributed by atoms with Gasteiger partial charge in [-0.3, -0.25) is 9.59 Å². The molecule has 0 spiro atoms. The zero-order valence-electron chi connectivity index (χ0n) is 19.5. The first-order valence-corrected chi connectivity index (χ1v) is 11.7. The largest absolute Gasteiger partial charge is 0.465 e. The number of hydrogen-bond acceptors (Lipinski definition) is 7. The highest BCUT2D eigenvalue weighted by Crippen LogP contribution is 2.22. The summed E-state index contributed by atoms with van der Waals surface area (Å²) in [7, 11) is 1.29. The number of hydrogen-bond donors (Lipinski definition) is 2. The minimum absolute atomic E-state index is 0.0671. The number of benzene rings is 2. The lowest BCUT2D eigenvalue weighted by Crippen LogP contribution is -2.28. The molecule has 3 aromatic rings. The molecule has 0 saturated carbocycles. The van der Waals surface area contributed by atoms with Crippen molar-refractivity contribution < 1.29 is 19.1 Å². The molecule has 10 heteroatoms. The smallest absolute Gasteiger partial charge is 0.339 e. The molecule has 0 aliphatic rings. The van der Waals surface area contributed by atoms with E-state index in [1.54, 1.807) is 30.3 Å². The summed E-state index contributed by atoms with van der Waals surface area (Å²) < 4.78 is 6.62. The van der Waals surface area contributed by atoms with E-state index in [0.29, 0.717) is 28.8 Å². The SMILES string of the molecule is CCn1c(SCC(=O)Nc2ccccc2C(=O)OC)nnc1[C@H](C)NC(=O)c1cccc(C)c1. The van der Waals surface area contributed by atoms with Gasteiger partial charge in [-0.25, -0.2) is 4.79 Å². The Kier molecular flexibility index (Phi) is 8.42. The number of amides is 2. The number of carbonyl (C=O) groups excluding carboxylic acids is 3. The Bertz CT molecular complexity index is 1190.